The second kappa shape index (κ2) is 70.9. The van der Waals surface area contributed by atoms with E-state index in [1.807, 2.05) is 21.1 Å². The SMILES string of the molecule is CC/C=C\C/C=C\C/C=C\C/C=C\CCCCCCCCCCCCCCCCCCCCCCCCCCCCCCC(=O)OC(COC(=O)CCCCCCCCCCCCC/C=C\CCCCCCCCCC)COC(OCC[N+](C)(C)C)C(=O)O. The summed E-state index contributed by atoms with van der Waals surface area (Å²) in [5, 5.41) is 9.76. The van der Waals surface area contributed by atoms with Crippen LogP contribution in [0.15, 0.2) is 60.8 Å². The van der Waals surface area contributed by atoms with Gasteiger partial charge in [-0.1, -0.05) is 344 Å². The Bertz CT molecular complexity index is 1650. The van der Waals surface area contributed by atoms with Crippen LogP contribution in [-0.4, -0.2) is 87.4 Å². The van der Waals surface area contributed by atoms with Gasteiger partial charge in [-0.2, -0.15) is 0 Å². The molecule has 9 heteroatoms. The number of carbonyl (C=O) groups is 3. The summed E-state index contributed by atoms with van der Waals surface area (Å²) in [5.74, 6) is -1.98. The molecule has 0 spiro atoms. The van der Waals surface area contributed by atoms with E-state index in [4.69, 9.17) is 18.9 Å². The Labute approximate surface area is 552 Å². The van der Waals surface area contributed by atoms with Gasteiger partial charge in [0.15, 0.2) is 6.10 Å². The van der Waals surface area contributed by atoms with E-state index in [2.05, 4.69) is 74.6 Å². The summed E-state index contributed by atoms with van der Waals surface area (Å²) in [6.07, 6.45) is 90.9. The van der Waals surface area contributed by atoms with Crippen LogP contribution in [0.1, 0.15) is 373 Å². The Morgan fingerprint density at radius 3 is 0.966 bits per heavy atom. The fraction of sp³-hybridized carbons (Fsp3) is 0.838. The number of allylic oxidation sites excluding steroid dienone is 10. The van der Waals surface area contributed by atoms with Crippen LogP contribution >= 0.6 is 0 Å². The summed E-state index contributed by atoms with van der Waals surface area (Å²) >= 11 is 0. The van der Waals surface area contributed by atoms with Crippen molar-refractivity contribution in [1.29, 1.82) is 0 Å². The molecule has 0 amide bonds. The van der Waals surface area contributed by atoms with Gasteiger partial charge in [0, 0.05) is 12.8 Å². The predicted molar refractivity (Wildman–Crippen MR) is 383 cm³/mol. The quantitative estimate of drug-likeness (QED) is 0.0211. The highest BCUT2D eigenvalue weighted by Crippen LogP contribution is 2.19. The topological polar surface area (TPSA) is 108 Å². The van der Waals surface area contributed by atoms with E-state index in [-0.39, 0.29) is 38.2 Å². The van der Waals surface area contributed by atoms with Crippen LogP contribution in [0.25, 0.3) is 0 Å². The number of aliphatic carboxylic acids is 1. The van der Waals surface area contributed by atoms with Crippen molar-refractivity contribution in [3.63, 3.8) is 0 Å². The molecule has 520 valence electrons. The number of esters is 2. The number of hydrogen-bond acceptors (Lipinski definition) is 7. The van der Waals surface area contributed by atoms with E-state index in [1.165, 1.54) is 283 Å². The van der Waals surface area contributed by atoms with Crippen molar-refractivity contribution in [2.24, 2.45) is 0 Å². The molecule has 0 aromatic heterocycles. The number of nitrogens with zero attached hydrogens (tertiary/aromatic N) is 1. The molecule has 0 saturated heterocycles. The largest absolute Gasteiger partial charge is 0.477 e. The van der Waals surface area contributed by atoms with Crippen LogP contribution in [0.2, 0.25) is 0 Å². The third-order valence-corrected chi connectivity index (χ3v) is 17.3. The van der Waals surface area contributed by atoms with Crippen LogP contribution in [0, 0.1) is 0 Å². The fourth-order valence-electron chi connectivity index (χ4n) is 11.4. The molecular weight excluding hydrogens is 1100 g/mol. The smallest absolute Gasteiger partial charge is 0.361 e. The van der Waals surface area contributed by atoms with Gasteiger partial charge in [-0.3, -0.25) is 9.59 Å². The van der Waals surface area contributed by atoms with Crippen molar-refractivity contribution in [1.82, 2.24) is 0 Å². The maximum atomic E-state index is 13.0. The second-order valence-corrected chi connectivity index (χ2v) is 27.3. The number of quaternary nitrogens is 1. The lowest BCUT2D eigenvalue weighted by Crippen LogP contribution is -2.40. The Hall–Kier alpha value is -3.01. The molecular formula is C80H148NO8+. The number of hydrogen-bond donors (Lipinski definition) is 1. The van der Waals surface area contributed by atoms with Crippen molar-refractivity contribution in [2.75, 3.05) is 47.5 Å². The van der Waals surface area contributed by atoms with Gasteiger partial charge >= 0.3 is 17.9 Å². The highest BCUT2D eigenvalue weighted by Gasteiger charge is 2.25. The van der Waals surface area contributed by atoms with Gasteiger partial charge < -0.3 is 28.5 Å². The van der Waals surface area contributed by atoms with Crippen molar-refractivity contribution in [3.05, 3.63) is 60.8 Å². The molecule has 0 heterocycles. The number of likely N-dealkylation sites (N-methyl/N-ethyl adjacent to an activating group) is 1. The molecule has 0 rings (SSSR count). The van der Waals surface area contributed by atoms with Crippen LogP contribution in [0.5, 0.6) is 0 Å². The third-order valence-electron chi connectivity index (χ3n) is 17.3. The highest BCUT2D eigenvalue weighted by atomic mass is 16.7. The maximum absolute atomic E-state index is 13.0. The van der Waals surface area contributed by atoms with Crippen molar-refractivity contribution in [2.45, 2.75) is 386 Å². The molecule has 0 aromatic carbocycles. The van der Waals surface area contributed by atoms with Crippen molar-refractivity contribution in [3.8, 4) is 0 Å². The number of carbonyl (C=O) groups excluding carboxylic acids is 2. The normalized spacial score (nSPS) is 13.0. The first-order chi connectivity index (χ1) is 43.6. The van der Waals surface area contributed by atoms with Crippen molar-refractivity contribution >= 4 is 17.9 Å². The molecule has 0 aromatic rings. The Morgan fingerprint density at radius 1 is 0.348 bits per heavy atom. The molecule has 0 saturated carbocycles. The third kappa shape index (κ3) is 72.3. The lowest BCUT2D eigenvalue weighted by Gasteiger charge is -2.25. The molecule has 1 N–H and O–H groups in total. The van der Waals surface area contributed by atoms with E-state index < -0.39 is 18.4 Å². The van der Waals surface area contributed by atoms with E-state index in [9.17, 15) is 19.5 Å². The maximum Gasteiger partial charge on any atom is 0.361 e. The van der Waals surface area contributed by atoms with Gasteiger partial charge in [0.25, 0.3) is 6.29 Å². The molecule has 2 unspecified atom stereocenters. The summed E-state index contributed by atoms with van der Waals surface area (Å²) in [7, 11) is 5.99. The monoisotopic (exact) mass is 1250 g/mol. The summed E-state index contributed by atoms with van der Waals surface area (Å²) < 4.78 is 23.0. The summed E-state index contributed by atoms with van der Waals surface area (Å²) in [6.45, 7) is 4.83. The number of carboxylic acids is 1. The average Bonchev–Trinajstić information content (AvgIpc) is 3.64. The van der Waals surface area contributed by atoms with Crippen LogP contribution in [0.3, 0.4) is 0 Å². The first-order valence-electron chi connectivity index (χ1n) is 38.5. The Morgan fingerprint density at radius 2 is 0.640 bits per heavy atom. The molecule has 89 heavy (non-hydrogen) atoms. The van der Waals surface area contributed by atoms with E-state index >= 15 is 0 Å². The molecule has 9 nitrogen and oxygen atoms in total. The van der Waals surface area contributed by atoms with Gasteiger partial charge in [0.05, 0.1) is 34.4 Å². The summed E-state index contributed by atoms with van der Waals surface area (Å²) in [6, 6.07) is 0. The number of carboxylic acid groups (broad SMARTS) is 1. The highest BCUT2D eigenvalue weighted by molar-refractivity contribution is 5.71. The summed E-state index contributed by atoms with van der Waals surface area (Å²) in [4.78, 5) is 37.7. The first kappa shape index (κ1) is 86.0. The zero-order valence-corrected chi connectivity index (χ0v) is 59.6. The number of ether oxygens (including phenoxy) is 4. The minimum atomic E-state index is -1.51. The molecule has 2 atom stereocenters. The van der Waals surface area contributed by atoms with Crippen LogP contribution < -0.4 is 0 Å². The van der Waals surface area contributed by atoms with Gasteiger partial charge in [0.1, 0.15) is 13.2 Å². The fourth-order valence-corrected chi connectivity index (χ4v) is 11.4. The van der Waals surface area contributed by atoms with Crippen LogP contribution in [-0.2, 0) is 33.3 Å². The van der Waals surface area contributed by atoms with Crippen molar-refractivity contribution < 1.29 is 42.9 Å². The molecule has 0 aliphatic heterocycles. The second-order valence-electron chi connectivity index (χ2n) is 27.3. The first-order valence-corrected chi connectivity index (χ1v) is 38.5. The van der Waals surface area contributed by atoms with Gasteiger partial charge in [-0.15, -0.1) is 0 Å². The zero-order valence-electron chi connectivity index (χ0n) is 59.6. The minimum Gasteiger partial charge on any atom is -0.477 e. The Kier molecular flexibility index (Phi) is 68.5. The minimum absolute atomic E-state index is 0.178. The number of unbranched alkanes of at least 4 members (excludes halogenated alkanes) is 47. The molecule has 0 fully saturated rings. The standard InChI is InChI=1S/C80H147NO8/c1-6-8-10-12-14-16-18-20-22-24-26-28-30-31-32-33-34-35-36-37-38-39-40-41-42-43-44-45-46-47-49-51-53-55-57-59-61-63-65-67-69-71-78(83)89-76(75-88-80(79(84)85)86-73-72-81(3,4)5)74-87-77(82)70-68-66-64-62-60-58-56-54-52-50-48-29-27-25-23-21-19-17-15-13-11-9-7-2/h8,10,14,16,20,22,25-28,76,80H,6-7,9,11-13,15,17-19,21,23-24,29-75H2,1-5H3/p+1/b10-8-,16-14-,22-20-,27-25-,28-26-. The van der Waals surface area contributed by atoms with E-state index in [0.29, 0.717) is 17.4 Å². The van der Waals surface area contributed by atoms with Gasteiger partial charge in [0.2, 0.25) is 0 Å². The molecule has 0 radical (unpaired) electrons. The van der Waals surface area contributed by atoms with Gasteiger partial charge in [-0.25, -0.2) is 4.79 Å². The number of rotatable bonds is 72. The molecule has 0 bridgehead atoms. The molecule has 0 aliphatic carbocycles. The summed E-state index contributed by atoms with van der Waals surface area (Å²) in [5.41, 5.74) is 0. The zero-order chi connectivity index (χ0) is 64.7. The van der Waals surface area contributed by atoms with Crippen LogP contribution in [0.4, 0.5) is 0 Å². The lowest BCUT2D eigenvalue weighted by atomic mass is 10.0. The Balaban J connectivity index is 3.94. The van der Waals surface area contributed by atoms with E-state index in [0.717, 1.165) is 64.2 Å². The molecule has 0 aliphatic rings. The average molecular weight is 1250 g/mol. The van der Waals surface area contributed by atoms with E-state index in [1.54, 1.807) is 0 Å². The predicted octanol–water partition coefficient (Wildman–Crippen LogP) is 24.3. The lowest BCUT2D eigenvalue weighted by molar-refractivity contribution is -0.870. The van der Waals surface area contributed by atoms with Gasteiger partial charge in [-0.05, 0) is 77.0 Å².